The summed E-state index contributed by atoms with van der Waals surface area (Å²) in [6, 6.07) is 0.446. The molecule has 0 aromatic rings. The number of nitrogens with zero attached hydrogens (tertiary/aromatic N) is 2. The Bertz CT molecular complexity index is 216. The molecule has 88 valence electrons. The molecule has 1 aliphatic rings. The molecule has 3 nitrogen and oxygen atoms in total. The van der Waals surface area contributed by atoms with Gasteiger partial charge in [-0.3, -0.25) is 4.90 Å². The third-order valence-corrected chi connectivity index (χ3v) is 3.19. The summed E-state index contributed by atoms with van der Waals surface area (Å²) < 4.78 is 0. The monoisotopic (exact) mass is 212 g/mol. The third kappa shape index (κ3) is 3.03. The highest BCUT2D eigenvalue weighted by atomic mass is 16.3. The van der Waals surface area contributed by atoms with Gasteiger partial charge in [-0.05, 0) is 27.3 Å². The van der Waals surface area contributed by atoms with Gasteiger partial charge >= 0.3 is 0 Å². The highest BCUT2D eigenvalue weighted by molar-refractivity contribution is 4.97. The number of aliphatic hydroxyl groups excluding tert-OH is 1. The second-order valence-electron chi connectivity index (χ2n) is 5.12. The van der Waals surface area contributed by atoms with E-state index in [0.29, 0.717) is 6.04 Å². The number of rotatable bonds is 4. The van der Waals surface area contributed by atoms with Crippen LogP contribution in [0, 0.1) is 0 Å². The Balaban J connectivity index is 2.76. The first-order chi connectivity index (χ1) is 7.01. The molecule has 1 unspecified atom stereocenters. The molecule has 15 heavy (non-hydrogen) atoms. The van der Waals surface area contributed by atoms with Crippen LogP contribution in [0.5, 0.6) is 0 Å². The largest absolute Gasteiger partial charge is 0.396 e. The van der Waals surface area contributed by atoms with Crippen molar-refractivity contribution in [2.75, 3.05) is 33.3 Å². The lowest BCUT2D eigenvalue weighted by molar-refractivity contribution is -0.0153. The van der Waals surface area contributed by atoms with E-state index in [1.807, 2.05) is 6.08 Å². The van der Waals surface area contributed by atoms with E-state index in [1.165, 1.54) is 0 Å². The number of hydrogen-bond donors (Lipinski definition) is 1. The summed E-state index contributed by atoms with van der Waals surface area (Å²) in [6.45, 7) is 11.6. The maximum Gasteiger partial charge on any atom is 0.0446 e. The molecule has 1 atom stereocenters. The summed E-state index contributed by atoms with van der Waals surface area (Å²) >= 11 is 0. The SMILES string of the molecule is C=CCN1C(CCO)CN(C)CC1(C)C. The van der Waals surface area contributed by atoms with E-state index in [9.17, 15) is 0 Å². The second kappa shape index (κ2) is 5.10. The first-order valence-corrected chi connectivity index (χ1v) is 5.68. The normalized spacial score (nSPS) is 27.9. The lowest BCUT2D eigenvalue weighted by atomic mass is 9.94. The molecule has 1 fully saturated rings. The van der Waals surface area contributed by atoms with Crippen LogP contribution in [-0.2, 0) is 0 Å². The predicted molar refractivity (Wildman–Crippen MR) is 64.0 cm³/mol. The van der Waals surface area contributed by atoms with Crippen molar-refractivity contribution in [1.29, 1.82) is 0 Å². The summed E-state index contributed by atoms with van der Waals surface area (Å²) in [5.74, 6) is 0. The first kappa shape index (κ1) is 12.7. The number of likely N-dealkylation sites (N-methyl/N-ethyl adjacent to an activating group) is 1. The van der Waals surface area contributed by atoms with Crippen LogP contribution in [0.25, 0.3) is 0 Å². The Morgan fingerprint density at radius 3 is 2.73 bits per heavy atom. The molecule has 0 amide bonds. The van der Waals surface area contributed by atoms with Crippen molar-refractivity contribution in [3.63, 3.8) is 0 Å². The standard InChI is InChI=1S/C12H24N2O/c1-5-7-14-11(6-8-15)9-13(4)10-12(14,2)3/h5,11,15H,1,6-10H2,2-4H3. The molecule has 1 rings (SSSR count). The fourth-order valence-electron chi connectivity index (χ4n) is 2.70. The molecule has 1 saturated heterocycles. The average Bonchev–Trinajstić information content (AvgIpc) is 2.10. The molecular weight excluding hydrogens is 188 g/mol. The number of hydrogen-bond acceptors (Lipinski definition) is 3. The fourth-order valence-corrected chi connectivity index (χ4v) is 2.70. The Morgan fingerprint density at radius 2 is 2.20 bits per heavy atom. The van der Waals surface area contributed by atoms with E-state index in [-0.39, 0.29) is 12.1 Å². The molecule has 0 saturated carbocycles. The van der Waals surface area contributed by atoms with Crippen LogP contribution in [0.3, 0.4) is 0 Å². The number of aliphatic hydroxyl groups is 1. The van der Waals surface area contributed by atoms with Gasteiger partial charge in [0.25, 0.3) is 0 Å². The molecule has 0 bridgehead atoms. The Kier molecular flexibility index (Phi) is 4.32. The van der Waals surface area contributed by atoms with Crippen molar-refractivity contribution in [1.82, 2.24) is 9.80 Å². The topological polar surface area (TPSA) is 26.7 Å². The first-order valence-electron chi connectivity index (χ1n) is 5.68. The molecule has 0 radical (unpaired) electrons. The van der Waals surface area contributed by atoms with Crippen molar-refractivity contribution in [3.8, 4) is 0 Å². The van der Waals surface area contributed by atoms with Gasteiger partial charge in [0.1, 0.15) is 0 Å². The molecule has 1 heterocycles. The van der Waals surface area contributed by atoms with Crippen LogP contribution in [0.15, 0.2) is 12.7 Å². The lowest BCUT2D eigenvalue weighted by Crippen LogP contribution is -2.63. The van der Waals surface area contributed by atoms with Crippen LogP contribution in [-0.4, -0.2) is 59.8 Å². The van der Waals surface area contributed by atoms with Gasteiger partial charge in [-0.15, -0.1) is 6.58 Å². The molecule has 0 aliphatic carbocycles. The van der Waals surface area contributed by atoms with Crippen LogP contribution in [0.2, 0.25) is 0 Å². The maximum atomic E-state index is 9.09. The summed E-state index contributed by atoms with van der Waals surface area (Å²) in [6.07, 6.45) is 2.80. The average molecular weight is 212 g/mol. The second-order valence-corrected chi connectivity index (χ2v) is 5.12. The highest BCUT2D eigenvalue weighted by Gasteiger charge is 2.37. The van der Waals surface area contributed by atoms with Gasteiger partial charge in [0.2, 0.25) is 0 Å². The van der Waals surface area contributed by atoms with Gasteiger partial charge in [-0.25, -0.2) is 0 Å². The van der Waals surface area contributed by atoms with Crippen LogP contribution in [0.1, 0.15) is 20.3 Å². The number of piperazine rings is 1. The predicted octanol–water partition coefficient (Wildman–Crippen LogP) is 0.949. The molecular formula is C12H24N2O. The minimum Gasteiger partial charge on any atom is -0.396 e. The Hall–Kier alpha value is -0.380. The molecule has 0 spiro atoms. The van der Waals surface area contributed by atoms with Gasteiger partial charge < -0.3 is 10.0 Å². The van der Waals surface area contributed by atoms with Crippen LogP contribution in [0.4, 0.5) is 0 Å². The van der Waals surface area contributed by atoms with E-state index in [4.69, 9.17) is 5.11 Å². The molecule has 1 N–H and O–H groups in total. The Morgan fingerprint density at radius 1 is 1.53 bits per heavy atom. The van der Waals surface area contributed by atoms with E-state index >= 15 is 0 Å². The molecule has 0 aromatic heterocycles. The van der Waals surface area contributed by atoms with Gasteiger partial charge in [-0.1, -0.05) is 6.08 Å². The van der Waals surface area contributed by atoms with E-state index < -0.39 is 0 Å². The van der Waals surface area contributed by atoms with Gasteiger partial charge in [0, 0.05) is 37.8 Å². The summed E-state index contributed by atoms with van der Waals surface area (Å²) in [5.41, 5.74) is 0.168. The van der Waals surface area contributed by atoms with E-state index in [2.05, 4.69) is 37.3 Å². The zero-order valence-electron chi connectivity index (χ0n) is 10.2. The van der Waals surface area contributed by atoms with Crippen molar-refractivity contribution >= 4 is 0 Å². The van der Waals surface area contributed by atoms with Crippen molar-refractivity contribution in [3.05, 3.63) is 12.7 Å². The fraction of sp³-hybridized carbons (Fsp3) is 0.833. The molecule has 3 heteroatoms. The zero-order chi connectivity index (χ0) is 11.5. The van der Waals surface area contributed by atoms with Gasteiger partial charge in [0.05, 0.1) is 0 Å². The minimum absolute atomic E-state index is 0.168. The minimum atomic E-state index is 0.168. The van der Waals surface area contributed by atoms with Crippen molar-refractivity contribution < 1.29 is 5.11 Å². The van der Waals surface area contributed by atoms with Crippen LogP contribution >= 0.6 is 0 Å². The van der Waals surface area contributed by atoms with Crippen molar-refractivity contribution in [2.45, 2.75) is 31.8 Å². The lowest BCUT2D eigenvalue weighted by Gasteiger charge is -2.50. The highest BCUT2D eigenvalue weighted by Crippen LogP contribution is 2.25. The molecule has 0 aromatic carbocycles. The maximum absolute atomic E-state index is 9.09. The molecule has 1 aliphatic heterocycles. The third-order valence-electron chi connectivity index (χ3n) is 3.19. The van der Waals surface area contributed by atoms with E-state index in [1.54, 1.807) is 0 Å². The smallest absolute Gasteiger partial charge is 0.0446 e. The van der Waals surface area contributed by atoms with E-state index in [0.717, 1.165) is 26.1 Å². The summed E-state index contributed by atoms with van der Waals surface area (Å²) in [4.78, 5) is 4.80. The van der Waals surface area contributed by atoms with Gasteiger partial charge in [-0.2, -0.15) is 0 Å². The van der Waals surface area contributed by atoms with Crippen molar-refractivity contribution in [2.24, 2.45) is 0 Å². The zero-order valence-corrected chi connectivity index (χ0v) is 10.2. The quantitative estimate of drug-likeness (QED) is 0.703. The van der Waals surface area contributed by atoms with Gasteiger partial charge in [0.15, 0.2) is 0 Å². The van der Waals surface area contributed by atoms with Crippen LogP contribution < -0.4 is 0 Å². The Labute approximate surface area is 93.4 Å². The summed E-state index contributed by atoms with van der Waals surface area (Å²) in [5, 5.41) is 9.09. The summed E-state index contributed by atoms with van der Waals surface area (Å²) in [7, 11) is 2.15.